The molecular formula is C20H16N2O4. The van der Waals surface area contributed by atoms with Crippen molar-refractivity contribution in [3.63, 3.8) is 0 Å². The standard InChI is InChI=1S/C20H16N2O4/c1-26-20(25)17(10-12-11-21-16-9-5-4-6-13(12)16)22-18(23)14-7-2-3-8-15(14)19(22)24/h2-9,11,17,21H,10H2,1H3/t17-/m1/s1. The van der Waals surface area contributed by atoms with Crippen molar-refractivity contribution >= 4 is 28.7 Å². The van der Waals surface area contributed by atoms with Crippen LogP contribution in [0.4, 0.5) is 0 Å². The van der Waals surface area contributed by atoms with E-state index in [-0.39, 0.29) is 6.42 Å². The van der Waals surface area contributed by atoms with Gasteiger partial charge in [0.1, 0.15) is 6.04 Å². The number of methoxy groups -OCH3 is 1. The van der Waals surface area contributed by atoms with E-state index in [1.54, 1.807) is 30.5 Å². The first kappa shape index (κ1) is 16.1. The molecule has 2 aromatic carbocycles. The Morgan fingerprint density at radius 1 is 1.04 bits per heavy atom. The van der Waals surface area contributed by atoms with Crippen LogP contribution >= 0.6 is 0 Å². The number of nitrogens with zero attached hydrogens (tertiary/aromatic N) is 1. The lowest BCUT2D eigenvalue weighted by molar-refractivity contribution is -0.145. The first-order valence-corrected chi connectivity index (χ1v) is 8.21. The fraction of sp³-hybridized carbons (Fsp3) is 0.150. The number of hydrogen-bond donors (Lipinski definition) is 1. The number of nitrogens with one attached hydrogen (secondary N) is 1. The molecule has 1 aliphatic heterocycles. The number of benzene rings is 2. The van der Waals surface area contributed by atoms with E-state index in [4.69, 9.17) is 4.74 Å². The Balaban J connectivity index is 1.74. The van der Waals surface area contributed by atoms with Crippen LogP contribution in [-0.2, 0) is 16.0 Å². The van der Waals surface area contributed by atoms with Crippen LogP contribution in [0.3, 0.4) is 0 Å². The zero-order chi connectivity index (χ0) is 18.3. The Bertz CT molecular complexity index is 1000. The molecule has 0 saturated heterocycles. The Hall–Kier alpha value is -3.41. The van der Waals surface area contributed by atoms with E-state index in [0.29, 0.717) is 11.1 Å². The van der Waals surface area contributed by atoms with E-state index in [9.17, 15) is 14.4 Å². The quantitative estimate of drug-likeness (QED) is 0.580. The zero-order valence-electron chi connectivity index (χ0n) is 14.1. The number of carbonyl (C=O) groups excluding carboxylic acids is 3. The van der Waals surface area contributed by atoms with Crippen LogP contribution in [0.2, 0.25) is 0 Å². The topological polar surface area (TPSA) is 79.5 Å². The van der Waals surface area contributed by atoms with Gasteiger partial charge in [-0.05, 0) is 23.8 Å². The Labute approximate surface area is 149 Å². The lowest BCUT2D eigenvalue weighted by Crippen LogP contribution is -2.46. The molecule has 130 valence electrons. The minimum atomic E-state index is -1.02. The van der Waals surface area contributed by atoms with Gasteiger partial charge >= 0.3 is 5.97 Å². The highest BCUT2D eigenvalue weighted by Crippen LogP contribution is 2.28. The maximum absolute atomic E-state index is 12.8. The smallest absolute Gasteiger partial charge is 0.329 e. The van der Waals surface area contributed by atoms with Gasteiger partial charge in [0, 0.05) is 23.5 Å². The molecule has 2 amide bonds. The van der Waals surface area contributed by atoms with Gasteiger partial charge in [-0.25, -0.2) is 4.79 Å². The van der Waals surface area contributed by atoms with Gasteiger partial charge in [-0.15, -0.1) is 0 Å². The number of ether oxygens (including phenoxy) is 1. The number of imide groups is 1. The number of esters is 1. The molecule has 0 unspecified atom stereocenters. The number of amides is 2. The third-order valence-corrected chi connectivity index (χ3v) is 4.70. The van der Waals surface area contributed by atoms with Crippen LogP contribution in [0.1, 0.15) is 26.3 Å². The third-order valence-electron chi connectivity index (χ3n) is 4.70. The van der Waals surface area contributed by atoms with E-state index in [0.717, 1.165) is 21.4 Å². The number of rotatable bonds is 4. The summed E-state index contributed by atoms with van der Waals surface area (Å²) in [6.45, 7) is 0. The van der Waals surface area contributed by atoms with Gasteiger partial charge in [0.15, 0.2) is 0 Å². The molecule has 26 heavy (non-hydrogen) atoms. The molecule has 0 saturated carbocycles. The molecule has 0 aliphatic carbocycles. The van der Waals surface area contributed by atoms with E-state index < -0.39 is 23.8 Å². The monoisotopic (exact) mass is 348 g/mol. The van der Waals surface area contributed by atoms with Gasteiger partial charge in [0.25, 0.3) is 11.8 Å². The molecule has 0 bridgehead atoms. The predicted molar refractivity (Wildman–Crippen MR) is 94.7 cm³/mol. The van der Waals surface area contributed by atoms with E-state index >= 15 is 0 Å². The van der Waals surface area contributed by atoms with Crippen molar-refractivity contribution in [3.8, 4) is 0 Å². The predicted octanol–water partition coefficient (Wildman–Crippen LogP) is 2.55. The van der Waals surface area contributed by atoms with Crippen molar-refractivity contribution in [3.05, 3.63) is 71.4 Å². The number of aromatic amines is 1. The SMILES string of the molecule is COC(=O)[C@@H](Cc1c[nH]c2ccccc12)N1C(=O)c2ccccc2C1=O. The van der Waals surface area contributed by atoms with Crippen molar-refractivity contribution in [2.45, 2.75) is 12.5 Å². The molecule has 0 fully saturated rings. The van der Waals surface area contributed by atoms with Gasteiger partial charge < -0.3 is 9.72 Å². The minimum absolute atomic E-state index is 0.183. The Kier molecular flexibility index (Phi) is 3.80. The molecular weight excluding hydrogens is 332 g/mol. The molecule has 4 rings (SSSR count). The summed E-state index contributed by atoms with van der Waals surface area (Å²) in [7, 11) is 1.25. The molecule has 1 N–H and O–H groups in total. The minimum Gasteiger partial charge on any atom is -0.467 e. The number of hydrogen-bond acceptors (Lipinski definition) is 4. The fourth-order valence-corrected chi connectivity index (χ4v) is 3.42. The summed E-state index contributed by atoms with van der Waals surface area (Å²) in [5.41, 5.74) is 2.39. The molecule has 6 heteroatoms. The molecule has 1 atom stereocenters. The number of para-hydroxylation sites is 1. The summed E-state index contributed by atoms with van der Waals surface area (Å²) in [5.74, 6) is -1.56. The largest absolute Gasteiger partial charge is 0.467 e. The normalized spacial score (nSPS) is 14.6. The zero-order valence-corrected chi connectivity index (χ0v) is 14.1. The maximum Gasteiger partial charge on any atom is 0.329 e. The van der Waals surface area contributed by atoms with Crippen molar-refractivity contribution in [2.75, 3.05) is 7.11 Å². The average Bonchev–Trinajstić information content (AvgIpc) is 3.19. The second kappa shape index (κ2) is 6.15. The average molecular weight is 348 g/mol. The van der Waals surface area contributed by atoms with Gasteiger partial charge in [-0.3, -0.25) is 14.5 Å². The first-order chi connectivity index (χ1) is 12.6. The highest BCUT2D eigenvalue weighted by molar-refractivity contribution is 6.22. The van der Waals surface area contributed by atoms with Crippen molar-refractivity contribution in [2.24, 2.45) is 0 Å². The highest BCUT2D eigenvalue weighted by Gasteiger charge is 2.43. The van der Waals surface area contributed by atoms with Crippen LogP contribution in [0.25, 0.3) is 10.9 Å². The van der Waals surface area contributed by atoms with Crippen LogP contribution in [0, 0.1) is 0 Å². The summed E-state index contributed by atoms with van der Waals surface area (Å²) in [6, 6.07) is 13.2. The Morgan fingerprint density at radius 3 is 2.31 bits per heavy atom. The van der Waals surface area contributed by atoms with Gasteiger partial charge in [-0.1, -0.05) is 30.3 Å². The Morgan fingerprint density at radius 2 is 1.65 bits per heavy atom. The summed E-state index contributed by atoms with van der Waals surface area (Å²) in [4.78, 5) is 42.1. The summed E-state index contributed by atoms with van der Waals surface area (Å²) in [5, 5.41) is 0.943. The lowest BCUT2D eigenvalue weighted by Gasteiger charge is -2.23. The van der Waals surface area contributed by atoms with Crippen molar-refractivity contribution in [1.29, 1.82) is 0 Å². The van der Waals surface area contributed by atoms with Gasteiger partial charge in [-0.2, -0.15) is 0 Å². The second-order valence-corrected chi connectivity index (χ2v) is 6.13. The van der Waals surface area contributed by atoms with Crippen LogP contribution in [-0.4, -0.2) is 40.8 Å². The molecule has 2 heterocycles. The van der Waals surface area contributed by atoms with Crippen molar-refractivity contribution < 1.29 is 19.1 Å². The van der Waals surface area contributed by atoms with Gasteiger partial charge in [0.2, 0.25) is 0 Å². The van der Waals surface area contributed by atoms with Crippen LogP contribution in [0.15, 0.2) is 54.7 Å². The number of carbonyl (C=O) groups is 3. The summed E-state index contributed by atoms with van der Waals surface area (Å²) in [6.07, 6.45) is 1.97. The summed E-state index contributed by atoms with van der Waals surface area (Å²) < 4.78 is 4.89. The molecule has 3 aromatic rings. The maximum atomic E-state index is 12.8. The molecule has 0 radical (unpaired) electrons. The molecule has 1 aliphatic rings. The highest BCUT2D eigenvalue weighted by atomic mass is 16.5. The van der Waals surface area contributed by atoms with E-state index in [1.807, 2.05) is 24.3 Å². The fourth-order valence-electron chi connectivity index (χ4n) is 3.42. The third kappa shape index (κ3) is 2.38. The summed E-state index contributed by atoms with van der Waals surface area (Å²) >= 11 is 0. The van der Waals surface area contributed by atoms with Crippen LogP contribution < -0.4 is 0 Å². The molecule has 6 nitrogen and oxygen atoms in total. The number of H-pyrrole nitrogens is 1. The molecule has 1 aromatic heterocycles. The first-order valence-electron chi connectivity index (χ1n) is 8.21. The lowest BCUT2D eigenvalue weighted by atomic mass is 10.0. The van der Waals surface area contributed by atoms with Crippen molar-refractivity contribution in [1.82, 2.24) is 9.88 Å². The number of fused-ring (bicyclic) bond motifs is 2. The molecule has 0 spiro atoms. The van der Waals surface area contributed by atoms with Gasteiger partial charge in [0.05, 0.1) is 18.2 Å². The van der Waals surface area contributed by atoms with E-state index in [2.05, 4.69) is 4.98 Å². The number of aromatic nitrogens is 1. The van der Waals surface area contributed by atoms with Crippen LogP contribution in [0.5, 0.6) is 0 Å². The van der Waals surface area contributed by atoms with E-state index in [1.165, 1.54) is 7.11 Å². The second-order valence-electron chi connectivity index (χ2n) is 6.13.